The number of nitrogens with zero attached hydrogens (tertiary/aromatic N) is 2. The van der Waals surface area contributed by atoms with Gasteiger partial charge in [0, 0.05) is 0 Å². The molecule has 1 rings (SSSR count). The van der Waals surface area contributed by atoms with E-state index in [0.717, 1.165) is 17.5 Å². The fourth-order valence-corrected chi connectivity index (χ4v) is 1.73. The molecule has 0 unspecified atom stereocenters. The van der Waals surface area contributed by atoms with Gasteiger partial charge in [-0.2, -0.15) is 0 Å². The number of anilines is 1. The van der Waals surface area contributed by atoms with E-state index in [9.17, 15) is 14.9 Å². The Labute approximate surface area is 95.3 Å². The van der Waals surface area contributed by atoms with Crippen molar-refractivity contribution < 1.29 is 14.8 Å². The number of aliphatic carboxylic acids is 1. The molecule has 0 radical (unpaired) electrons. The molecule has 7 nitrogen and oxygen atoms in total. The average molecular weight is 245 g/mol. The summed E-state index contributed by atoms with van der Waals surface area (Å²) >= 11 is 0.819. The summed E-state index contributed by atoms with van der Waals surface area (Å²) in [4.78, 5) is 24.4. The van der Waals surface area contributed by atoms with E-state index in [1.807, 2.05) is 0 Å². The van der Waals surface area contributed by atoms with E-state index >= 15 is 0 Å². The van der Waals surface area contributed by atoms with Crippen LogP contribution in [0, 0.1) is 16.0 Å². The van der Waals surface area contributed by atoms with E-state index in [0.29, 0.717) is 0 Å². The summed E-state index contributed by atoms with van der Waals surface area (Å²) in [6.45, 7) is 3.49. The van der Waals surface area contributed by atoms with Gasteiger partial charge in [-0.15, -0.1) is 0 Å². The molecule has 0 aliphatic carbocycles. The second-order valence-corrected chi connectivity index (χ2v) is 4.47. The van der Waals surface area contributed by atoms with Gasteiger partial charge in [0.1, 0.15) is 12.2 Å². The van der Waals surface area contributed by atoms with Crippen LogP contribution in [0.25, 0.3) is 0 Å². The van der Waals surface area contributed by atoms with Crippen molar-refractivity contribution in [3.05, 3.63) is 16.3 Å². The van der Waals surface area contributed by atoms with Crippen LogP contribution in [0.2, 0.25) is 0 Å². The molecule has 1 atom stereocenters. The predicted molar refractivity (Wildman–Crippen MR) is 58.7 cm³/mol. The highest BCUT2D eigenvalue weighted by Gasteiger charge is 2.23. The Kier molecular flexibility index (Phi) is 3.78. The smallest absolute Gasteiger partial charge is 0.345 e. The third-order valence-electron chi connectivity index (χ3n) is 1.89. The highest BCUT2D eigenvalue weighted by atomic mass is 32.1. The first-order valence-corrected chi connectivity index (χ1v) is 5.33. The quantitative estimate of drug-likeness (QED) is 0.602. The zero-order valence-electron chi connectivity index (χ0n) is 8.71. The normalized spacial score (nSPS) is 12.4. The SMILES string of the molecule is CC(C)[C@@H](Nc1ncc([N+](=O)[O-])s1)C(=O)O. The maximum atomic E-state index is 10.9. The molecule has 0 saturated carbocycles. The van der Waals surface area contributed by atoms with Gasteiger partial charge in [0.15, 0.2) is 5.13 Å². The zero-order chi connectivity index (χ0) is 12.3. The second-order valence-electron chi connectivity index (χ2n) is 3.47. The summed E-state index contributed by atoms with van der Waals surface area (Å²) in [5.41, 5.74) is 0. The van der Waals surface area contributed by atoms with Crippen molar-refractivity contribution in [2.45, 2.75) is 19.9 Å². The fourth-order valence-electron chi connectivity index (χ4n) is 1.06. The van der Waals surface area contributed by atoms with Crippen molar-refractivity contribution in [3.8, 4) is 0 Å². The molecular formula is C8H11N3O4S. The van der Waals surface area contributed by atoms with Gasteiger partial charge >= 0.3 is 11.0 Å². The Morgan fingerprint density at radius 3 is 2.69 bits per heavy atom. The number of thiazole rings is 1. The van der Waals surface area contributed by atoms with Crippen LogP contribution in [0.4, 0.5) is 10.1 Å². The van der Waals surface area contributed by atoms with Gasteiger partial charge in [-0.25, -0.2) is 9.78 Å². The number of nitrogens with one attached hydrogen (secondary N) is 1. The number of nitro groups is 1. The zero-order valence-corrected chi connectivity index (χ0v) is 9.52. The Bertz CT molecular complexity index is 404. The van der Waals surface area contributed by atoms with E-state index < -0.39 is 16.9 Å². The number of carboxylic acids is 1. The average Bonchev–Trinajstić information content (AvgIpc) is 2.61. The molecule has 16 heavy (non-hydrogen) atoms. The van der Waals surface area contributed by atoms with Crippen LogP contribution >= 0.6 is 11.3 Å². The molecule has 1 heterocycles. The van der Waals surface area contributed by atoms with Crippen molar-refractivity contribution in [1.29, 1.82) is 0 Å². The second kappa shape index (κ2) is 4.88. The van der Waals surface area contributed by atoms with E-state index in [1.54, 1.807) is 13.8 Å². The number of rotatable bonds is 5. The molecule has 1 aromatic heterocycles. The molecule has 0 aliphatic rings. The molecule has 88 valence electrons. The van der Waals surface area contributed by atoms with Crippen LogP contribution in [0.15, 0.2) is 6.20 Å². The summed E-state index contributed by atoms with van der Waals surface area (Å²) < 4.78 is 0. The summed E-state index contributed by atoms with van der Waals surface area (Å²) in [7, 11) is 0. The van der Waals surface area contributed by atoms with Gasteiger partial charge in [-0.1, -0.05) is 13.8 Å². The number of carbonyl (C=O) groups is 1. The molecule has 0 aromatic carbocycles. The summed E-state index contributed by atoms with van der Waals surface area (Å²) in [6, 6.07) is -0.800. The first kappa shape index (κ1) is 12.4. The lowest BCUT2D eigenvalue weighted by molar-refractivity contribution is -0.380. The molecule has 0 bridgehead atoms. The molecule has 8 heteroatoms. The fraction of sp³-hybridized carbons (Fsp3) is 0.500. The van der Waals surface area contributed by atoms with Crippen molar-refractivity contribution in [1.82, 2.24) is 4.98 Å². The standard InChI is InChI=1S/C8H11N3O4S/c1-4(2)6(7(12)13)10-8-9-3-5(16-8)11(14)15/h3-4,6H,1-2H3,(H,9,10)(H,12,13)/t6-/m1/s1. The van der Waals surface area contributed by atoms with Crippen molar-refractivity contribution in [2.75, 3.05) is 5.32 Å². The first-order valence-electron chi connectivity index (χ1n) is 4.51. The Morgan fingerprint density at radius 1 is 1.69 bits per heavy atom. The van der Waals surface area contributed by atoms with Crippen molar-refractivity contribution in [3.63, 3.8) is 0 Å². The molecule has 0 fully saturated rings. The minimum Gasteiger partial charge on any atom is -0.480 e. The molecule has 2 N–H and O–H groups in total. The van der Waals surface area contributed by atoms with Crippen LogP contribution < -0.4 is 5.32 Å². The number of hydrogen-bond acceptors (Lipinski definition) is 6. The topological polar surface area (TPSA) is 105 Å². The molecule has 0 amide bonds. The van der Waals surface area contributed by atoms with Crippen LogP contribution in [-0.4, -0.2) is 27.0 Å². The van der Waals surface area contributed by atoms with Crippen molar-refractivity contribution >= 4 is 27.4 Å². The molecule has 0 saturated heterocycles. The molecule has 0 spiro atoms. The van der Waals surface area contributed by atoms with Gasteiger partial charge < -0.3 is 10.4 Å². The number of aromatic nitrogens is 1. The number of carboxylic acid groups (broad SMARTS) is 1. The monoisotopic (exact) mass is 245 g/mol. The van der Waals surface area contributed by atoms with E-state index in [2.05, 4.69) is 10.3 Å². The van der Waals surface area contributed by atoms with Gasteiger partial charge in [-0.3, -0.25) is 10.1 Å². The lowest BCUT2D eigenvalue weighted by atomic mass is 10.1. The van der Waals surface area contributed by atoms with Crippen molar-refractivity contribution in [2.24, 2.45) is 5.92 Å². The molecular weight excluding hydrogens is 234 g/mol. The van der Waals surface area contributed by atoms with Gasteiger partial charge in [0.05, 0.1) is 4.92 Å². The highest BCUT2D eigenvalue weighted by molar-refractivity contribution is 7.18. The highest BCUT2D eigenvalue weighted by Crippen LogP contribution is 2.26. The summed E-state index contributed by atoms with van der Waals surface area (Å²) in [5, 5.41) is 22.1. The third kappa shape index (κ3) is 2.89. The van der Waals surface area contributed by atoms with Crippen LogP contribution in [0.1, 0.15) is 13.8 Å². The maximum Gasteiger partial charge on any atom is 0.345 e. The van der Waals surface area contributed by atoms with Gasteiger partial charge in [-0.05, 0) is 17.3 Å². The third-order valence-corrected chi connectivity index (χ3v) is 2.77. The lowest BCUT2D eigenvalue weighted by Crippen LogP contribution is -2.34. The minimum absolute atomic E-state index is 0.115. The van der Waals surface area contributed by atoms with E-state index in [-0.39, 0.29) is 16.1 Å². The number of hydrogen-bond donors (Lipinski definition) is 2. The maximum absolute atomic E-state index is 10.9. The van der Waals surface area contributed by atoms with Gasteiger partial charge in [0.2, 0.25) is 0 Å². The van der Waals surface area contributed by atoms with E-state index in [1.165, 1.54) is 0 Å². The Hall–Kier alpha value is -1.70. The van der Waals surface area contributed by atoms with Crippen LogP contribution in [0.5, 0.6) is 0 Å². The minimum atomic E-state index is -1.01. The summed E-state index contributed by atoms with van der Waals surface area (Å²) in [6.07, 6.45) is 1.10. The Balaban J connectivity index is 2.78. The summed E-state index contributed by atoms with van der Waals surface area (Å²) in [5.74, 6) is -1.15. The first-order chi connectivity index (χ1) is 7.41. The largest absolute Gasteiger partial charge is 0.480 e. The predicted octanol–water partition coefficient (Wildman–Crippen LogP) is 1.57. The van der Waals surface area contributed by atoms with Gasteiger partial charge in [0.25, 0.3) is 0 Å². The van der Waals surface area contributed by atoms with Crippen LogP contribution in [-0.2, 0) is 4.79 Å². The van der Waals surface area contributed by atoms with Crippen LogP contribution in [0.3, 0.4) is 0 Å². The lowest BCUT2D eigenvalue weighted by Gasteiger charge is -2.16. The molecule has 1 aromatic rings. The molecule has 0 aliphatic heterocycles. The van der Waals surface area contributed by atoms with E-state index in [4.69, 9.17) is 5.11 Å². The Morgan fingerprint density at radius 2 is 2.31 bits per heavy atom.